The van der Waals surface area contributed by atoms with Crippen LogP contribution in [0.25, 0.3) is 6.08 Å². The van der Waals surface area contributed by atoms with E-state index >= 15 is 0 Å². The Balaban J connectivity index is 1.57. The van der Waals surface area contributed by atoms with Gasteiger partial charge < -0.3 is 20.1 Å². The Morgan fingerprint density at radius 3 is 2.32 bits per heavy atom. The first-order chi connectivity index (χ1) is 16.5. The molecule has 0 radical (unpaired) electrons. The summed E-state index contributed by atoms with van der Waals surface area (Å²) in [5, 5.41) is 15.3. The normalized spacial score (nSPS) is 10.7. The van der Waals surface area contributed by atoms with E-state index in [2.05, 4.69) is 10.6 Å². The molecular formula is C26H22ClN3O4. The van der Waals surface area contributed by atoms with E-state index in [0.29, 0.717) is 40.1 Å². The highest BCUT2D eigenvalue weighted by Gasteiger charge is 2.10. The van der Waals surface area contributed by atoms with Crippen LogP contribution < -0.4 is 20.1 Å². The molecule has 0 bridgehead atoms. The summed E-state index contributed by atoms with van der Waals surface area (Å²) in [5.74, 6) is 0.228. The molecule has 0 atom stereocenters. The number of rotatable bonds is 9. The Hall–Kier alpha value is -4.28. The van der Waals surface area contributed by atoms with E-state index in [0.717, 1.165) is 0 Å². The molecule has 0 fully saturated rings. The van der Waals surface area contributed by atoms with E-state index < -0.39 is 5.91 Å². The third kappa shape index (κ3) is 7.40. The number of carbonyl (C=O) groups is 2. The van der Waals surface area contributed by atoms with Gasteiger partial charge in [-0.25, -0.2) is 0 Å². The van der Waals surface area contributed by atoms with Gasteiger partial charge in [0.15, 0.2) is 6.61 Å². The smallest absolute Gasteiger partial charge is 0.266 e. The number of anilines is 2. The molecule has 2 amide bonds. The van der Waals surface area contributed by atoms with Gasteiger partial charge in [0.05, 0.1) is 6.61 Å². The van der Waals surface area contributed by atoms with Gasteiger partial charge in [0.2, 0.25) is 0 Å². The maximum absolute atomic E-state index is 12.5. The van der Waals surface area contributed by atoms with Crippen LogP contribution in [-0.2, 0) is 9.59 Å². The van der Waals surface area contributed by atoms with Crippen molar-refractivity contribution in [3.63, 3.8) is 0 Å². The van der Waals surface area contributed by atoms with Crippen LogP contribution in [0, 0.1) is 11.3 Å². The number of halogens is 1. The van der Waals surface area contributed by atoms with Gasteiger partial charge in [-0.1, -0.05) is 35.9 Å². The molecule has 0 unspecified atom stereocenters. The highest BCUT2D eigenvalue weighted by Crippen LogP contribution is 2.19. The molecule has 34 heavy (non-hydrogen) atoms. The van der Waals surface area contributed by atoms with Crippen LogP contribution in [0.1, 0.15) is 12.5 Å². The first kappa shape index (κ1) is 24.4. The fourth-order valence-electron chi connectivity index (χ4n) is 2.92. The molecule has 172 valence electrons. The first-order valence-electron chi connectivity index (χ1n) is 10.4. The molecule has 3 rings (SSSR count). The topological polar surface area (TPSA) is 100 Å². The van der Waals surface area contributed by atoms with Crippen LogP contribution in [0.4, 0.5) is 11.4 Å². The van der Waals surface area contributed by atoms with Gasteiger partial charge in [0.1, 0.15) is 23.1 Å². The van der Waals surface area contributed by atoms with Crippen LogP contribution in [0.3, 0.4) is 0 Å². The molecule has 3 aromatic rings. The SMILES string of the molecule is CCOc1cccc(NC(=O)/C(C#N)=C/c2ccc(OCC(=O)Nc3cccc(Cl)c3)cc2)c1. The van der Waals surface area contributed by atoms with Gasteiger partial charge in [0.25, 0.3) is 11.8 Å². The fraction of sp³-hybridized carbons (Fsp3) is 0.115. The van der Waals surface area contributed by atoms with E-state index in [1.807, 2.05) is 13.0 Å². The zero-order valence-corrected chi connectivity index (χ0v) is 19.1. The highest BCUT2D eigenvalue weighted by atomic mass is 35.5. The fourth-order valence-corrected chi connectivity index (χ4v) is 3.11. The van der Waals surface area contributed by atoms with Crippen molar-refractivity contribution in [3.8, 4) is 17.6 Å². The van der Waals surface area contributed by atoms with Gasteiger partial charge in [-0.05, 0) is 61.0 Å². The Labute approximate surface area is 202 Å². The van der Waals surface area contributed by atoms with Crippen molar-refractivity contribution in [3.05, 3.63) is 89.0 Å². The molecule has 0 spiro atoms. The van der Waals surface area contributed by atoms with Gasteiger partial charge in [-0.15, -0.1) is 0 Å². The molecular weight excluding hydrogens is 454 g/mol. The summed E-state index contributed by atoms with van der Waals surface area (Å²) >= 11 is 5.90. The molecule has 0 saturated carbocycles. The van der Waals surface area contributed by atoms with Crippen molar-refractivity contribution >= 4 is 40.9 Å². The van der Waals surface area contributed by atoms with Crippen molar-refractivity contribution < 1.29 is 19.1 Å². The second-order valence-corrected chi connectivity index (χ2v) is 7.44. The lowest BCUT2D eigenvalue weighted by atomic mass is 10.1. The lowest BCUT2D eigenvalue weighted by Crippen LogP contribution is -2.20. The monoisotopic (exact) mass is 475 g/mol. The molecule has 0 aliphatic carbocycles. The number of hydrogen-bond donors (Lipinski definition) is 2. The number of benzene rings is 3. The molecule has 0 saturated heterocycles. The van der Waals surface area contributed by atoms with Crippen LogP contribution in [-0.4, -0.2) is 25.0 Å². The van der Waals surface area contributed by atoms with Gasteiger partial charge >= 0.3 is 0 Å². The molecule has 8 heteroatoms. The largest absolute Gasteiger partial charge is 0.494 e. The number of nitrogens with zero attached hydrogens (tertiary/aromatic N) is 1. The molecule has 3 aromatic carbocycles. The Morgan fingerprint density at radius 2 is 1.65 bits per heavy atom. The zero-order valence-electron chi connectivity index (χ0n) is 18.4. The summed E-state index contributed by atoms with van der Waals surface area (Å²) in [5.41, 5.74) is 1.67. The van der Waals surface area contributed by atoms with Crippen molar-refractivity contribution in [2.45, 2.75) is 6.92 Å². The van der Waals surface area contributed by atoms with E-state index in [-0.39, 0.29) is 18.1 Å². The maximum atomic E-state index is 12.5. The van der Waals surface area contributed by atoms with E-state index in [1.165, 1.54) is 6.08 Å². The predicted molar refractivity (Wildman–Crippen MR) is 132 cm³/mol. The van der Waals surface area contributed by atoms with Crippen molar-refractivity contribution in [2.24, 2.45) is 0 Å². The average molecular weight is 476 g/mol. The minimum Gasteiger partial charge on any atom is -0.494 e. The van der Waals surface area contributed by atoms with Crippen LogP contribution in [0.2, 0.25) is 5.02 Å². The Kier molecular flexibility index (Phi) is 8.67. The molecule has 0 aliphatic heterocycles. The number of amides is 2. The Bertz CT molecular complexity index is 1230. The quantitative estimate of drug-likeness (QED) is 0.323. The van der Waals surface area contributed by atoms with E-state index in [4.69, 9.17) is 21.1 Å². The van der Waals surface area contributed by atoms with Crippen LogP contribution >= 0.6 is 11.6 Å². The van der Waals surface area contributed by atoms with Crippen molar-refractivity contribution in [2.75, 3.05) is 23.8 Å². The number of ether oxygens (including phenoxy) is 2. The second kappa shape index (κ2) is 12.1. The van der Waals surface area contributed by atoms with Crippen molar-refractivity contribution in [1.29, 1.82) is 5.26 Å². The van der Waals surface area contributed by atoms with Crippen molar-refractivity contribution in [1.82, 2.24) is 0 Å². The number of hydrogen-bond acceptors (Lipinski definition) is 5. The minimum absolute atomic E-state index is 0.0589. The molecule has 7 nitrogen and oxygen atoms in total. The third-order valence-corrected chi connectivity index (χ3v) is 4.67. The van der Waals surface area contributed by atoms with Crippen LogP contribution in [0.15, 0.2) is 78.4 Å². The maximum Gasteiger partial charge on any atom is 0.266 e. The number of carbonyl (C=O) groups excluding carboxylic acids is 2. The summed E-state index contributed by atoms with van der Waals surface area (Å²) in [6.07, 6.45) is 1.47. The zero-order chi connectivity index (χ0) is 24.3. The number of nitriles is 1. The van der Waals surface area contributed by atoms with Gasteiger partial charge in [0, 0.05) is 22.5 Å². The summed E-state index contributed by atoms with van der Waals surface area (Å²) in [4.78, 5) is 24.6. The average Bonchev–Trinajstić information content (AvgIpc) is 2.82. The molecule has 0 heterocycles. The van der Waals surface area contributed by atoms with Gasteiger partial charge in [-0.2, -0.15) is 5.26 Å². The summed E-state index contributed by atoms with van der Waals surface area (Å²) in [6.45, 7) is 2.19. The molecule has 2 N–H and O–H groups in total. The highest BCUT2D eigenvalue weighted by molar-refractivity contribution is 6.30. The minimum atomic E-state index is -0.533. The summed E-state index contributed by atoms with van der Waals surface area (Å²) in [6, 6.07) is 22.3. The second-order valence-electron chi connectivity index (χ2n) is 7.00. The van der Waals surface area contributed by atoms with Gasteiger partial charge in [-0.3, -0.25) is 9.59 Å². The lowest BCUT2D eigenvalue weighted by molar-refractivity contribution is -0.118. The van der Waals surface area contributed by atoms with Crippen LogP contribution in [0.5, 0.6) is 11.5 Å². The molecule has 0 aromatic heterocycles. The summed E-state index contributed by atoms with van der Waals surface area (Å²) in [7, 11) is 0. The third-order valence-electron chi connectivity index (χ3n) is 4.44. The standard InChI is InChI=1S/C26H22ClN3O4/c1-2-33-24-8-4-7-22(15-24)30-26(32)19(16-28)13-18-9-11-23(12-10-18)34-17-25(31)29-21-6-3-5-20(27)14-21/h3-15H,2,17H2,1H3,(H,29,31)(H,30,32)/b19-13+. The predicted octanol–water partition coefficient (Wildman–Crippen LogP) is 5.30. The molecule has 0 aliphatic rings. The summed E-state index contributed by atoms with van der Waals surface area (Å²) < 4.78 is 10.9. The first-order valence-corrected chi connectivity index (χ1v) is 10.8. The van der Waals surface area contributed by atoms with E-state index in [1.54, 1.807) is 72.8 Å². The van der Waals surface area contributed by atoms with E-state index in [9.17, 15) is 14.9 Å². The number of nitrogens with one attached hydrogen (secondary N) is 2. The Morgan fingerprint density at radius 1 is 0.941 bits per heavy atom. The lowest BCUT2D eigenvalue weighted by Gasteiger charge is -2.08.